The summed E-state index contributed by atoms with van der Waals surface area (Å²) in [5.74, 6) is 1.40. The zero-order valence-electron chi connectivity index (χ0n) is 12.8. The molecule has 0 aliphatic heterocycles. The fourth-order valence-electron chi connectivity index (χ4n) is 3.09. The van der Waals surface area contributed by atoms with Gasteiger partial charge in [-0.15, -0.1) is 0 Å². The fourth-order valence-corrected chi connectivity index (χ4v) is 3.09. The second-order valence-corrected chi connectivity index (χ2v) is 5.68. The minimum absolute atomic E-state index is 0.0524. The Hall–Kier alpha value is -2.81. The molecule has 0 spiro atoms. The van der Waals surface area contributed by atoms with Crippen LogP contribution in [0.1, 0.15) is 23.3 Å². The first kappa shape index (κ1) is 13.8. The number of fused-ring (bicyclic) bond motifs is 2. The summed E-state index contributed by atoms with van der Waals surface area (Å²) in [5.41, 5.74) is 3.63. The van der Waals surface area contributed by atoms with Crippen LogP contribution in [-0.2, 0) is 6.42 Å². The molecule has 0 N–H and O–H groups in total. The van der Waals surface area contributed by atoms with Gasteiger partial charge in [0.25, 0.3) is 0 Å². The van der Waals surface area contributed by atoms with Gasteiger partial charge in [-0.25, -0.2) is 0 Å². The molecule has 1 aliphatic rings. The van der Waals surface area contributed by atoms with Crippen molar-refractivity contribution in [1.29, 1.82) is 0 Å². The van der Waals surface area contributed by atoms with E-state index >= 15 is 0 Å². The lowest BCUT2D eigenvalue weighted by molar-refractivity contribution is 0.415. The molecule has 0 atom stereocenters. The third-order valence-electron chi connectivity index (χ3n) is 4.27. The van der Waals surface area contributed by atoms with Crippen molar-refractivity contribution in [2.45, 2.75) is 12.8 Å². The van der Waals surface area contributed by atoms with Crippen molar-refractivity contribution in [3.63, 3.8) is 0 Å². The molecule has 1 heterocycles. The van der Waals surface area contributed by atoms with Crippen molar-refractivity contribution in [2.75, 3.05) is 7.11 Å². The number of rotatable bonds is 2. The molecule has 0 radical (unpaired) electrons. The lowest BCUT2D eigenvalue weighted by atomic mass is 10.1. The first-order chi connectivity index (χ1) is 11.3. The van der Waals surface area contributed by atoms with Crippen LogP contribution in [0.3, 0.4) is 0 Å². The third kappa shape index (κ3) is 2.34. The summed E-state index contributed by atoms with van der Waals surface area (Å²) in [7, 11) is 1.59. The Morgan fingerprint density at radius 2 is 1.91 bits per heavy atom. The quantitative estimate of drug-likeness (QED) is 0.709. The van der Waals surface area contributed by atoms with Crippen LogP contribution in [0.4, 0.5) is 0 Å². The number of ether oxygens (including phenoxy) is 1. The van der Waals surface area contributed by atoms with Gasteiger partial charge in [-0.05, 0) is 48.3 Å². The maximum atomic E-state index is 12.7. The Morgan fingerprint density at radius 3 is 2.70 bits per heavy atom. The molecule has 23 heavy (non-hydrogen) atoms. The van der Waals surface area contributed by atoms with Crippen LogP contribution in [0.2, 0.25) is 0 Å². The van der Waals surface area contributed by atoms with Gasteiger partial charge in [0.2, 0.25) is 0 Å². The summed E-state index contributed by atoms with van der Waals surface area (Å²) < 4.78 is 11.3. The van der Waals surface area contributed by atoms with Crippen LogP contribution >= 0.6 is 0 Å². The standard InChI is InChI=1S/C20H16O3/c1-22-15-8-10-18-17(12-15)19(21)16-9-7-14(20(16)23-18)11-13-5-3-2-4-6-13/h2-6,8,10-12H,7,9H2,1H3. The van der Waals surface area contributed by atoms with Crippen molar-refractivity contribution in [2.24, 2.45) is 0 Å². The predicted octanol–water partition coefficient (Wildman–Crippen LogP) is 4.29. The van der Waals surface area contributed by atoms with Crippen molar-refractivity contribution < 1.29 is 9.15 Å². The highest BCUT2D eigenvalue weighted by molar-refractivity contribution is 5.87. The molecule has 1 aromatic heterocycles. The number of allylic oxidation sites excluding steroid dienone is 1. The molecule has 3 aromatic rings. The van der Waals surface area contributed by atoms with Crippen LogP contribution in [-0.4, -0.2) is 7.11 Å². The Labute approximate surface area is 133 Å². The van der Waals surface area contributed by atoms with Gasteiger partial charge in [0.15, 0.2) is 5.43 Å². The van der Waals surface area contributed by atoms with Gasteiger partial charge in [-0.1, -0.05) is 30.3 Å². The van der Waals surface area contributed by atoms with E-state index in [1.165, 1.54) is 0 Å². The molecule has 0 bridgehead atoms. The second-order valence-electron chi connectivity index (χ2n) is 5.68. The lowest BCUT2D eigenvalue weighted by Gasteiger charge is -2.05. The van der Waals surface area contributed by atoms with Gasteiger partial charge in [0, 0.05) is 5.56 Å². The highest BCUT2D eigenvalue weighted by Gasteiger charge is 2.24. The van der Waals surface area contributed by atoms with Crippen molar-refractivity contribution in [1.82, 2.24) is 0 Å². The van der Waals surface area contributed by atoms with Crippen LogP contribution in [0.15, 0.2) is 57.7 Å². The Morgan fingerprint density at radius 1 is 1.09 bits per heavy atom. The molecule has 114 valence electrons. The Bertz CT molecular complexity index is 965. The van der Waals surface area contributed by atoms with E-state index in [1.54, 1.807) is 19.2 Å². The molecular formula is C20H16O3. The van der Waals surface area contributed by atoms with E-state index in [4.69, 9.17) is 9.15 Å². The normalized spacial score (nSPS) is 15.1. The average molecular weight is 304 g/mol. The van der Waals surface area contributed by atoms with Gasteiger partial charge >= 0.3 is 0 Å². The summed E-state index contributed by atoms with van der Waals surface area (Å²) in [6.45, 7) is 0. The molecule has 4 rings (SSSR count). The first-order valence-electron chi connectivity index (χ1n) is 7.66. The number of hydrogen-bond acceptors (Lipinski definition) is 3. The number of benzene rings is 2. The van der Waals surface area contributed by atoms with Crippen LogP contribution < -0.4 is 10.2 Å². The molecule has 0 fully saturated rings. The van der Waals surface area contributed by atoms with Crippen LogP contribution in [0.5, 0.6) is 5.75 Å². The highest BCUT2D eigenvalue weighted by Crippen LogP contribution is 2.34. The van der Waals surface area contributed by atoms with Crippen molar-refractivity contribution in [3.8, 4) is 5.75 Å². The number of hydrogen-bond donors (Lipinski definition) is 0. The summed E-state index contributed by atoms with van der Waals surface area (Å²) in [6, 6.07) is 15.5. The molecule has 3 nitrogen and oxygen atoms in total. The maximum absolute atomic E-state index is 12.7. The van der Waals surface area contributed by atoms with Crippen LogP contribution in [0, 0.1) is 0 Å². The van der Waals surface area contributed by atoms with E-state index < -0.39 is 0 Å². The summed E-state index contributed by atoms with van der Waals surface area (Å²) in [4.78, 5) is 12.7. The maximum Gasteiger partial charge on any atom is 0.196 e. The van der Waals surface area contributed by atoms with E-state index in [1.807, 2.05) is 24.3 Å². The van der Waals surface area contributed by atoms with Gasteiger partial charge in [0.05, 0.1) is 12.5 Å². The monoisotopic (exact) mass is 304 g/mol. The van der Waals surface area contributed by atoms with Gasteiger partial charge < -0.3 is 9.15 Å². The van der Waals surface area contributed by atoms with Crippen molar-refractivity contribution in [3.05, 3.63) is 75.6 Å². The summed E-state index contributed by atoms with van der Waals surface area (Å²) in [5, 5.41) is 0.587. The highest BCUT2D eigenvalue weighted by atomic mass is 16.5. The van der Waals surface area contributed by atoms with Gasteiger partial charge in [-0.3, -0.25) is 4.79 Å². The molecular weight excluding hydrogens is 288 g/mol. The zero-order chi connectivity index (χ0) is 15.8. The van der Waals surface area contributed by atoms with Crippen molar-refractivity contribution >= 4 is 22.6 Å². The van der Waals surface area contributed by atoms with E-state index in [0.29, 0.717) is 16.7 Å². The molecule has 1 aliphatic carbocycles. The Kier molecular flexibility index (Phi) is 3.27. The molecule has 0 saturated carbocycles. The van der Waals surface area contributed by atoms with Gasteiger partial charge in [0.1, 0.15) is 17.1 Å². The number of methoxy groups -OCH3 is 1. The largest absolute Gasteiger partial charge is 0.497 e. The first-order valence-corrected chi connectivity index (χ1v) is 7.66. The smallest absolute Gasteiger partial charge is 0.196 e. The molecule has 2 aromatic carbocycles. The second kappa shape index (κ2) is 5.43. The molecule has 3 heteroatoms. The van der Waals surface area contributed by atoms with E-state index in [9.17, 15) is 4.79 Å². The molecule has 0 saturated heterocycles. The SMILES string of the molecule is COc1ccc2oc3c(c(=O)c2c1)CCC3=Cc1ccccc1. The lowest BCUT2D eigenvalue weighted by Crippen LogP contribution is -2.08. The fraction of sp³-hybridized carbons (Fsp3) is 0.150. The van der Waals surface area contributed by atoms with E-state index in [-0.39, 0.29) is 5.43 Å². The minimum atomic E-state index is 0.0524. The average Bonchev–Trinajstić information content (AvgIpc) is 2.99. The Balaban J connectivity index is 1.90. The van der Waals surface area contributed by atoms with E-state index in [2.05, 4.69) is 18.2 Å². The topological polar surface area (TPSA) is 39.4 Å². The van der Waals surface area contributed by atoms with Gasteiger partial charge in [-0.2, -0.15) is 0 Å². The van der Waals surface area contributed by atoms with E-state index in [0.717, 1.165) is 35.3 Å². The summed E-state index contributed by atoms with van der Waals surface area (Å²) >= 11 is 0. The molecule has 0 unspecified atom stereocenters. The summed E-state index contributed by atoms with van der Waals surface area (Å²) in [6.07, 6.45) is 3.66. The predicted molar refractivity (Wildman–Crippen MR) is 91.7 cm³/mol. The zero-order valence-corrected chi connectivity index (χ0v) is 12.8. The van der Waals surface area contributed by atoms with Crippen LogP contribution in [0.25, 0.3) is 22.6 Å². The third-order valence-corrected chi connectivity index (χ3v) is 4.27. The minimum Gasteiger partial charge on any atom is -0.497 e. The molecule has 0 amide bonds.